The van der Waals surface area contributed by atoms with Crippen molar-refractivity contribution in [3.8, 4) is 0 Å². The van der Waals surface area contributed by atoms with Gasteiger partial charge in [-0.1, -0.05) is 0 Å². The number of anilines is 1. The quantitative estimate of drug-likeness (QED) is 0.787. The van der Waals surface area contributed by atoms with Crippen molar-refractivity contribution in [3.63, 3.8) is 0 Å². The van der Waals surface area contributed by atoms with Crippen molar-refractivity contribution < 1.29 is 9.59 Å². The van der Waals surface area contributed by atoms with E-state index in [1.54, 1.807) is 25.6 Å². The van der Waals surface area contributed by atoms with E-state index in [1.165, 1.54) is 5.56 Å². The molecule has 0 bridgehead atoms. The molecule has 1 aliphatic heterocycles. The maximum atomic E-state index is 11.5. The number of carbonyl (C=O) groups is 2. The summed E-state index contributed by atoms with van der Waals surface area (Å²) in [6.07, 6.45) is 2.01. The highest BCUT2D eigenvalue weighted by atomic mass is 32.2. The first-order chi connectivity index (χ1) is 8.58. The highest BCUT2D eigenvalue weighted by Crippen LogP contribution is 2.31. The van der Waals surface area contributed by atoms with Crippen molar-refractivity contribution >= 4 is 29.1 Å². The van der Waals surface area contributed by atoms with Crippen LogP contribution in [0.2, 0.25) is 0 Å². The maximum absolute atomic E-state index is 11.5. The largest absolute Gasteiger partial charge is 0.312 e. The minimum absolute atomic E-state index is 0.0973. The Hall–Kier alpha value is -1.29. The molecule has 1 aromatic carbocycles. The molecule has 18 heavy (non-hydrogen) atoms. The lowest BCUT2D eigenvalue weighted by atomic mass is 10.0. The molecule has 4 heteroatoms. The Morgan fingerprint density at radius 3 is 2.78 bits per heavy atom. The zero-order valence-corrected chi connectivity index (χ0v) is 11.5. The summed E-state index contributed by atoms with van der Waals surface area (Å²) >= 11 is 1.56. The average Bonchev–Trinajstić information content (AvgIpc) is 2.35. The molecule has 1 amide bonds. The Labute approximate surface area is 112 Å². The Kier molecular flexibility index (Phi) is 4.07. The number of nitrogens with zero attached hydrogens (tertiary/aromatic N) is 1. The average molecular weight is 263 g/mol. The summed E-state index contributed by atoms with van der Waals surface area (Å²) in [7, 11) is 0. The molecule has 0 fully saturated rings. The second-order valence-corrected chi connectivity index (χ2v) is 5.60. The van der Waals surface area contributed by atoms with Crippen LogP contribution in [-0.2, 0) is 16.0 Å². The van der Waals surface area contributed by atoms with Gasteiger partial charge in [0.25, 0.3) is 0 Å². The minimum atomic E-state index is 0.0973. The Bertz CT molecular complexity index is 485. The van der Waals surface area contributed by atoms with Crippen LogP contribution in [0.4, 0.5) is 5.69 Å². The van der Waals surface area contributed by atoms with Gasteiger partial charge in [-0.25, -0.2) is 0 Å². The van der Waals surface area contributed by atoms with E-state index in [1.807, 2.05) is 17.0 Å². The summed E-state index contributed by atoms with van der Waals surface area (Å²) in [5.41, 5.74) is 2.24. The lowest BCUT2D eigenvalue weighted by Crippen LogP contribution is -2.33. The number of hydrogen-bond acceptors (Lipinski definition) is 3. The van der Waals surface area contributed by atoms with E-state index in [4.69, 9.17) is 0 Å². The molecule has 0 aliphatic carbocycles. The third kappa shape index (κ3) is 2.93. The number of hydrogen-bond donors (Lipinski definition) is 0. The molecule has 1 heterocycles. The zero-order chi connectivity index (χ0) is 13.1. The van der Waals surface area contributed by atoms with E-state index in [0.29, 0.717) is 5.75 Å². The summed E-state index contributed by atoms with van der Waals surface area (Å²) in [4.78, 5) is 25.4. The normalized spacial score (nSPS) is 14.2. The van der Waals surface area contributed by atoms with Crippen molar-refractivity contribution in [2.45, 2.75) is 31.6 Å². The Morgan fingerprint density at radius 1 is 1.33 bits per heavy atom. The van der Waals surface area contributed by atoms with Crippen LogP contribution in [0.5, 0.6) is 0 Å². The van der Waals surface area contributed by atoms with Crippen molar-refractivity contribution in [1.82, 2.24) is 0 Å². The fourth-order valence-corrected chi connectivity index (χ4v) is 2.94. The first-order valence-corrected chi connectivity index (χ1v) is 7.10. The molecule has 0 spiro atoms. The molecular weight excluding hydrogens is 246 g/mol. The molecule has 0 saturated heterocycles. The first kappa shape index (κ1) is 13.1. The number of fused-ring (bicyclic) bond motifs is 1. The van der Waals surface area contributed by atoms with Crippen molar-refractivity contribution in [3.05, 3.63) is 23.8 Å². The van der Waals surface area contributed by atoms with Gasteiger partial charge in [-0.05, 0) is 43.5 Å². The molecular formula is C14H17NO2S. The first-order valence-electron chi connectivity index (χ1n) is 6.11. The minimum Gasteiger partial charge on any atom is -0.312 e. The SMILES string of the molecule is CC(=O)CSc1ccc2c(c1)CCCN2C(C)=O. The van der Waals surface area contributed by atoms with E-state index in [0.717, 1.165) is 30.0 Å². The Balaban J connectivity index is 2.21. The number of thioether (sulfide) groups is 1. The van der Waals surface area contributed by atoms with Crippen LogP contribution in [0.3, 0.4) is 0 Å². The Morgan fingerprint density at radius 2 is 2.11 bits per heavy atom. The second-order valence-electron chi connectivity index (χ2n) is 4.56. The van der Waals surface area contributed by atoms with Gasteiger partial charge in [0.05, 0.1) is 5.75 Å². The molecule has 0 unspecified atom stereocenters. The number of aryl methyl sites for hydroxylation is 1. The molecule has 2 rings (SSSR count). The highest BCUT2D eigenvalue weighted by molar-refractivity contribution is 8.00. The van der Waals surface area contributed by atoms with Crippen LogP contribution >= 0.6 is 11.8 Å². The van der Waals surface area contributed by atoms with Gasteiger partial charge in [-0.2, -0.15) is 0 Å². The van der Waals surface area contributed by atoms with Crippen LogP contribution in [-0.4, -0.2) is 24.0 Å². The van der Waals surface area contributed by atoms with Crippen LogP contribution < -0.4 is 4.90 Å². The molecule has 0 saturated carbocycles. The molecule has 1 aromatic rings. The monoisotopic (exact) mass is 263 g/mol. The number of rotatable bonds is 3. The summed E-state index contributed by atoms with van der Waals surface area (Å²) in [5, 5.41) is 0. The van der Waals surface area contributed by atoms with Crippen LogP contribution in [0.1, 0.15) is 25.8 Å². The molecule has 0 aromatic heterocycles. The smallest absolute Gasteiger partial charge is 0.223 e. The van der Waals surface area contributed by atoms with E-state index < -0.39 is 0 Å². The zero-order valence-electron chi connectivity index (χ0n) is 10.7. The van der Waals surface area contributed by atoms with E-state index >= 15 is 0 Å². The third-order valence-corrected chi connectivity index (χ3v) is 4.13. The summed E-state index contributed by atoms with van der Waals surface area (Å²) in [6, 6.07) is 6.10. The molecule has 3 nitrogen and oxygen atoms in total. The lowest BCUT2D eigenvalue weighted by Gasteiger charge is -2.28. The van der Waals surface area contributed by atoms with Gasteiger partial charge < -0.3 is 4.90 Å². The lowest BCUT2D eigenvalue weighted by molar-refractivity contribution is -0.116. The standard InChI is InChI=1S/C14H17NO2S/c1-10(16)9-18-13-5-6-14-12(8-13)4-3-7-15(14)11(2)17/h5-6,8H,3-4,7,9H2,1-2H3. The van der Waals surface area contributed by atoms with E-state index in [-0.39, 0.29) is 11.7 Å². The molecule has 0 atom stereocenters. The predicted molar refractivity (Wildman–Crippen MR) is 74.2 cm³/mol. The molecule has 1 aliphatic rings. The maximum Gasteiger partial charge on any atom is 0.223 e. The van der Waals surface area contributed by atoms with Gasteiger partial charge in [-0.15, -0.1) is 11.8 Å². The number of amides is 1. The van der Waals surface area contributed by atoms with Crippen LogP contribution in [0.25, 0.3) is 0 Å². The van der Waals surface area contributed by atoms with E-state index in [2.05, 4.69) is 6.07 Å². The third-order valence-electron chi connectivity index (χ3n) is 2.99. The van der Waals surface area contributed by atoms with Gasteiger partial charge in [0, 0.05) is 24.1 Å². The topological polar surface area (TPSA) is 37.4 Å². The van der Waals surface area contributed by atoms with Crippen LogP contribution in [0.15, 0.2) is 23.1 Å². The van der Waals surface area contributed by atoms with Crippen molar-refractivity contribution in [1.29, 1.82) is 0 Å². The van der Waals surface area contributed by atoms with Crippen molar-refractivity contribution in [2.24, 2.45) is 0 Å². The molecule has 0 radical (unpaired) electrons. The highest BCUT2D eigenvalue weighted by Gasteiger charge is 2.19. The van der Waals surface area contributed by atoms with Gasteiger partial charge in [-0.3, -0.25) is 9.59 Å². The molecule has 96 valence electrons. The van der Waals surface area contributed by atoms with E-state index in [9.17, 15) is 9.59 Å². The fraction of sp³-hybridized carbons (Fsp3) is 0.429. The summed E-state index contributed by atoms with van der Waals surface area (Å²) in [5.74, 6) is 0.790. The molecule has 0 N–H and O–H groups in total. The second kappa shape index (κ2) is 5.57. The van der Waals surface area contributed by atoms with Gasteiger partial charge in [0.1, 0.15) is 5.78 Å². The summed E-state index contributed by atoms with van der Waals surface area (Å²) < 4.78 is 0. The predicted octanol–water partition coefficient (Wildman–Crippen LogP) is 2.67. The number of ketones is 1. The van der Waals surface area contributed by atoms with Gasteiger partial charge in [0.2, 0.25) is 5.91 Å². The number of carbonyl (C=O) groups excluding carboxylic acids is 2. The number of Topliss-reactive ketones (excluding diaryl/α,β-unsaturated/α-hetero) is 1. The van der Waals surface area contributed by atoms with Gasteiger partial charge >= 0.3 is 0 Å². The van der Waals surface area contributed by atoms with Crippen LogP contribution in [0, 0.1) is 0 Å². The summed E-state index contributed by atoms with van der Waals surface area (Å²) in [6.45, 7) is 4.01. The van der Waals surface area contributed by atoms with Crippen molar-refractivity contribution in [2.75, 3.05) is 17.2 Å². The fourth-order valence-electron chi connectivity index (χ4n) is 2.18. The number of benzene rings is 1. The van der Waals surface area contributed by atoms with Gasteiger partial charge in [0.15, 0.2) is 0 Å².